The Morgan fingerprint density at radius 1 is 1.57 bits per heavy atom. The summed E-state index contributed by atoms with van der Waals surface area (Å²) in [6, 6.07) is 4.03. The van der Waals surface area contributed by atoms with Gasteiger partial charge in [0.15, 0.2) is 0 Å². The number of hydrazone groups is 1. The summed E-state index contributed by atoms with van der Waals surface area (Å²) >= 11 is 1.67. The minimum atomic E-state index is 0.931. The first kappa shape index (κ1) is 9.15. The number of hydrogen-bond donors (Lipinski definition) is 1. The van der Waals surface area contributed by atoms with Crippen molar-refractivity contribution in [1.82, 2.24) is 5.43 Å². The van der Waals surface area contributed by atoms with Crippen LogP contribution in [0.15, 0.2) is 39.9 Å². The van der Waals surface area contributed by atoms with Gasteiger partial charge >= 0.3 is 0 Å². The second-order valence-corrected chi connectivity index (χ2v) is 3.86. The third-order valence-corrected chi connectivity index (χ3v) is 2.62. The molecular formula is C10H11N3S. The van der Waals surface area contributed by atoms with E-state index < -0.39 is 0 Å². The summed E-state index contributed by atoms with van der Waals surface area (Å²) in [5, 5.41) is 6.14. The first-order chi connectivity index (χ1) is 6.95. The van der Waals surface area contributed by atoms with E-state index in [1.165, 1.54) is 0 Å². The summed E-state index contributed by atoms with van der Waals surface area (Å²) in [4.78, 5) is 5.31. The molecule has 72 valence electrons. The largest absolute Gasteiger partial charge is 0.265 e. The van der Waals surface area contributed by atoms with Crippen LogP contribution in [0, 0.1) is 0 Å². The second kappa shape index (κ2) is 4.72. The van der Waals surface area contributed by atoms with Crippen LogP contribution in [-0.2, 0) is 0 Å². The van der Waals surface area contributed by atoms with Gasteiger partial charge in [0.1, 0.15) is 5.84 Å². The normalized spacial score (nSPS) is 15.9. The topological polar surface area (TPSA) is 36.8 Å². The predicted molar refractivity (Wildman–Crippen MR) is 60.9 cm³/mol. The van der Waals surface area contributed by atoms with Crippen LogP contribution in [0.5, 0.6) is 0 Å². The molecule has 0 aromatic carbocycles. The number of hydrogen-bond acceptors (Lipinski definition) is 4. The van der Waals surface area contributed by atoms with Crippen molar-refractivity contribution in [1.29, 1.82) is 0 Å². The summed E-state index contributed by atoms with van der Waals surface area (Å²) in [6.45, 7) is 0. The van der Waals surface area contributed by atoms with Gasteiger partial charge in [0, 0.05) is 17.5 Å². The van der Waals surface area contributed by atoms with E-state index in [0.717, 1.165) is 23.6 Å². The maximum atomic E-state index is 4.16. The highest BCUT2D eigenvalue weighted by atomic mass is 32.1. The van der Waals surface area contributed by atoms with Crippen LogP contribution in [-0.4, -0.2) is 12.1 Å². The lowest BCUT2D eigenvalue weighted by molar-refractivity contribution is 0.932. The zero-order valence-corrected chi connectivity index (χ0v) is 8.50. The molecule has 1 aliphatic rings. The highest BCUT2D eigenvalue weighted by molar-refractivity contribution is 7.11. The molecule has 1 N–H and O–H groups in total. The fourth-order valence-corrected chi connectivity index (χ4v) is 1.71. The van der Waals surface area contributed by atoms with Crippen LogP contribution in [0.2, 0.25) is 0 Å². The van der Waals surface area contributed by atoms with E-state index in [-0.39, 0.29) is 0 Å². The quantitative estimate of drug-likeness (QED) is 0.584. The number of nitrogens with one attached hydrogen (secondary N) is 1. The molecule has 2 heterocycles. The van der Waals surface area contributed by atoms with Crippen LogP contribution in [0.3, 0.4) is 0 Å². The molecule has 0 spiro atoms. The Hall–Kier alpha value is -1.42. The minimum Gasteiger partial charge on any atom is -0.265 e. The molecule has 1 aliphatic heterocycles. The van der Waals surface area contributed by atoms with Gasteiger partial charge in [0.25, 0.3) is 0 Å². The van der Waals surface area contributed by atoms with Crippen molar-refractivity contribution in [2.45, 2.75) is 12.8 Å². The number of nitrogens with zero attached hydrogens (tertiary/aromatic N) is 2. The number of rotatable bonds is 2. The van der Waals surface area contributed by atoms with Crippen LogP contribution in [0.4, 0.5) is 0 Å². The number of amidine groups is 1. The highest BCUT2D eigenvalue weighted by Crippen LogP contribution is 2.04. The summed E-state index contributed by atoms with van der Waals surface area (Å²) in [5.41, 5.74) is 2.93. The Kier molecular flexibility index (Phi) is 3.08. The molecule has 0 aliphatic carbocycles. The Labute approximate surface area is 86.9 Å². The van der Waals surface area contributed by atoms with Crippen molar-refractivity contribution in [3.63, 3.8) is 0 Å². The lowest BCUT2D eigenvalue weighted by Crippen LogP contribution is -2.18. The average Bonchev–Trinajstić information content (AvgIpc) is 2.72. The van der Waals surface area contributed by atoms with Gasteiger partial charge in [-0.15, -0.1) is 11.3 Å². The average molecular weight is 205 g/mol. The Morgan fingerprint density at radius 3 is 3.29 bits per heavy atom. The smallest absolute Gasteiger partial charge is 0.122 e. The predicted octanol–water partition coefficient (Wildman–Crippen LogP) is 2.38. The van der Waals surface area contributed by atoms with Gasteiger partial charge in [-0.25, -0.2) is 4.99 Å². The van der Waals surface area contributed by atoms with E-state index in [1.807, 2.05) is 36.0 Å². The highest BCUT2D eigenvalue weighted by Gasteiger charge is 1.97. The lowest BCUT2D eigenvalue weighted by Gasteiger charge is -2.04. The van der Waals surface area contributed by atoms with E-state index in [2.05, 4.69) is 15.5 Å². The molecule has 0 amide bonds. The molecule has 0 atom stereocenters. The van der Waals surface area contributed by atoms with Gasteiger partial charge in [-0.3, -0.25) is 5.43 Å². The van der Waals surface area contributed by atoms with Gasteiger partial charge in [0.2, 0.25) is 0 Å². The Bertz CT molecular complexity index is 363. The Morgan fingerprint density at radius 2 is 2.57 bits per heavy atom. The van der Waals surface area contributed by atoms with E-state index in [0.29, 0.717) is 0 Å². The maximum Gasteiger partial charge on any atom is 0.122 e. The number of aliphatic imine (C=N–C) groups is 1. The van der Waals surface area contributed by atoms with E-state index in [9.17, 15) is 0 Å². The monoisotopic (exact) mass is 205 g/mol. The van der Waals surface area contributed by atoms with Crippen molar-refractivity contribution < 1.29 is 0 Å². The number of allylic oxidation sites excluding steroid dienone is 1. The molecule has 1 aromatic heterocycles. The van der Waals surface area contributed by atoms with Crippen LogP contribution in [0.1, 0.15) is 17.7 Å². The fraction of sp³-hybridized carbons (Fsp3) is 0.200. The molecular weight excluding hydrogens is 194 g/mol. The molecule has 3 nitrogen and oxygen atoms in total. The number of thiophene rings is 1. The first-order valence-electron chi connectivity index (χ1n) is 4.49. The zero-order chi connectivity index (χ0) is 9.64. The van der Waals surface area contributed by atoms with Crippen molar-refractivity contribution in [3.8, 4) is 0 Å². The van der Waals surface area contributed by atoms with E-state index >= 15 is 0 Å². The standard InChI is InChI=1S/C10H11N3S/c1-2-6-11-10(5-1)13-12-8-9-4-3-7-14-9/h2-4,6-8H,1,5H2,(H,11,13). The summed E-state index contributed by atoms with van der Waals surface area (Å²) in [5.74, 6) is 0.931. The van der Waals surface area contributed by atoms with Gasteiger partial charge in [-0.05, 0) is 17.9 Å². The molecule has 0 saturated heterocycles. The third-order valence-electron chi connectivity index (χ3n) is 1.81. The molecule has 0 bridgehead atoms. The molecule has 14 heavy (non-hydrogen) atoms. The van der Waals surface area contributed by atoms with Crippen LogP contribution < -0.4 is 5.43 Å². The summed E-state index contributed by atoms with van der Waals surface area (Å²) < 4.78 is 0. The zero-order valence-electron chi connectivity index (χ0n) is 7.68. The minimum absolute atomic E-state index is 0.931. The SMILES string of the molecule is C1=CN=C(NN=Cc2cccs2)CC1. The van der Waals surface area contributed by atoms with E-state index in [4.69, 9.17) is 0 Å². The Balaban J connectivity index is 1.87. The fourth-order valence-electron chi connectivity index (χ4n) is 1.12. The second-order valence-electron chi connectivity index (χ2n) is 2.88. The van der Waals surface area contributed by atoms with Gasteiger partial charge < -0.3 is 0 Å². The van der Waals surface area contributed by atoms with Crippen molar-refractivity contribution in [2.75, 3.05) is 0 Å². The third kappa shape index (κ3) is 2.53. The summed E-state index contributed by atoms with van der Waals surface area (Å²) in [6.07, 6.45) is 7.66. The van der Waals surface area contributed by atoms with Gasteiger partial charge in [0.05, 0.1) is 6.21 Å². The van der Waals surface area contributed by atoms with Crippen molar-refractivity contribution in [3.05, 3.63) is 34.7 Å². The van der Waals surface area contributed by atoms with Gasteiger partial charge in [-0.2, -0.15) is 5.10 Å². The molecule has 0 radical (unpaired) electrons. The molecule has 0 fully saturated rings. The molecule has 0 unspecified atom stereocenters. The molecule has 2 rings (SSSR count). The lowest BCUT2D eigenvalue weighted by atomic mass is 10.2. The summed E-state index contributed by atoms with van der Waals surface area (Å²) in [7, 11) is 0. The maximum absolute atomic E-state index is 4.16. The van der Waals surface area contributed by atoms with Gasteiger partial charge in [-0.1, -0.05) is 12.1 Å². The van der Waals surface area contributed by atoms with Crippen LogP contribution in [0.25, 0.3) is 0 Å². The molecule has 4 heteroatoms. The van der Waals surface area contributed by atoms with Crippen LogP contribution >= 0.6 is 11.3 Å². The van der Waals surface area contributed by atoms with Crippen molar-refractivity contribution in [2.24, 2.45) is 10.1 Å². The van der Waals surface area contributed by atoms with E-state index in [1.54, 1.807) is 11.3 Å². The van der Waals surface area contributed by atoms with Crippen molar-refractivity contribution >= 4 is 23.4 Å². The molecule has 1 aromatic rings. The molecule has 0 saturated carbocycles. The first-order valence-corrected chi connectivity index (χ1v) is 5.37.